The van der Waals surface area contributed by atoms with Crippen molar-refractivity contribution in [2.45, 2.75) is 13.3 Å². The number of esters is 1. The minimum absolute atomic E-state index is 0.101. The lowest BCUT2D eigenvalue weighted by atomic mass is 10.3. The molecule has 0 fully saturated rings. The fourth-order valence-electron chi connectivity index (χ4n) is 1.55. The SMILES string of the molecule is CCCN(CC(=O)OC)C(=O)COc1ccc(F)cc1. The Hall–Kier alpha value is -2.11. The molecule has 0 unspecified atom stereocenters. The van der Waals surface area contributed by atoms with E-state index in [0.29, 0.717) is 12.3 Å². The van der Waals surface area contributed by atoms with Crippen LogP contribution in [0.4, 0.5) is 4.39 Å². The first kappa shape index (κ1) is 15.9. The Kier molecular flexibility index (Phi) is 6.49. The van der Waals surface area contributed by atoms with E-state index in [1.165, 1.54) is 36.3 Å². The first-order valence-corrected chi connectivity index (χ1v) is 6.29. The molecule has 0 spiro atoms. The maximum atomic E-state index is 12.7. The van der Waals surface area contributed by atoms with Crippen molar-refractivity contribution < 1.29 is 23.5 Å². The maximum absolute atomic E-state index is 12.7. The number of nitrogens with zero attached hydrogens (tertiary/aromatic N) is 1. The van der Waals surface area contributed by atoms with Crippen LogP contribution in [0.3, 0.4) is 0 Å². The van der Waals surface area contributed by atoms with E-state index >= 15 is 0 Å². The second kappa shape index (κ2) is 8.14. The zero-order valence-corrected chi connectivity index (χ0v) is 11.6. The number of carbonyl (C=O) groups is 2. The third-order valence-electron chi connectivity index (χ3n) is 2.57. The third-order valence-corrected chi connectivity index (χ3v) is 2.57. The second-order valence-corrected chi connectivity index (χ2v) is 4.13. The fourth-order valence-corrected chi connectivity index (χ4v) is 1.55. The minimum Gasteiger partial charge on any atom is -0.484 e. The Bertz CT molecular complexity index is 447. The van der Waals surface area contributed by atoms with E-state index in [1.807, 2.05) is 6.92 Å². The van der Waals surface area contributed by atoms with Crippen molar-refractivity contribution in [3.8, 4) is 5.75 Å². The van der Waals surface area contributed by atoms with Gasteiger partial charge in [-0.25, -0.2) is 4.39 Å². The number of carbonyl (C=O) groups excluding carboxylic acids is 2. The highest BCUT2D eigenvalue weighted by atomic mass is 19.1. The van der Waals surface area contributed by atoms with Gasteiger partial charge >= 0.3 is 5.97 Å². The highest BCUT2D eigenvalue weighted by Crippen LogP contribution is 2.11. The molecule has 0 heterocycles. The van der Waals surface area contributed by atoms with Gasteiger partial charge in [0.25, 0.3) is 5.91 Å². The Morgan fingerprint density at radius 3 is 2.45 bits per heavy atom. The summed E-state index contributed by atoms with van der Waals surface area (Å²) in [6, 6.07) is 5.37. The summed E-state index contributed by atoms with van der Waals surface area (Å²) in [5, 5.41) is 0. The van der Waals surface area contributed by atoms with Crippen LogP contribution in [0.15, 0.2) is 24.3 Å². The fraction of sp³-hybridized carbons (Fsp3) is 0.429. The Labute approximate surface area is 117 Å². The van der Waals surface area contributed by atoms with Gasteiger partial charge in [-0.15, -0.1) is 0 Å². The lowest BCUT2D eigenvalue weighted by molar-refractivity contribution is -0.147. The normalized spacial score (nSPS) is 9.95. The third kappa shape index (κ3) is 5.26. The predicted octanol–water partition coefficient (Wildman–Crippen LogP) is 1.62. The summed E-state index contributed by atoms with van der Waals surface area (Å²) < 4.78 is 22.5. The smallest absolute Gasteiger partial charge is 0.325 e. The van der Waals surface area contributed by atoms with E-state index in [4.69, 9.17) is 4.74 Å². The largest absolute Gasteiger partial charge is 0.484 e. The number of rotatable bonds is 7. The van der Waals surface area contributed by atoms with Crippen molar-refractivity contribution in [2.24, 2.45) is 0 Å². The van der Waals surface area contributed by atoms with E-state index in [2.05, 4.69) is 4.74 Å². The molecule has 1 aromatic carbocycles. The predicted molar refractivity (Wildman–Crippen MR) is 70.8 cm³/mol. The first-order chi connectivity index (χ1) is 9.56. The summed E-state index contributed by atoms with van der Waals surface area (Å²) >= 11 is 0. The molecule has 1 aromatic rings. The van der Waals surface area contributed by atoms with E-state index in [-0.39, 0.29) is 24.9 Å². The molecule has 0 aliphatic carbocycles. The van der Waals surface area contributed by atoms with Crippen LogP contribution >= 0.6 is 0 Å². The molecule has 0 N–H and O–H groups in total. The maximum Gasteiger partial charge on any atom is 0.325 e. The quantitative estimate of drug-likeness (QED) is 0.713. The summed E-state index contributed by atoms with van der Waals surface area (Å²) in [7, 11) is 1.27. The summed E-state index contributed by atoms with van der Waals surface area (Å²) in [4.78, 5) is 24.5. The number of hydrogen-bond acceptors (Lipinski definition) is 4. The van der Waals surface area contributed by atoms with Gasteiger partial charge in [-0.3, -0.25) is 9.59 Å². The van der Waals surface area contributed by atoms with E-state index in [0.717, 1.165) is 6.42 Å². The van der Waals surface area contributed by atoms with E-state index in [1.54, 1.807) is 0 Å². The second-order valence-electron chi connectivity index (χ2n) is 4.13. The molecular formula is C14H18FNO4. The van der Waals surface area contributed by atoms with E-state index < -0.39 is 5.97 Å². The molecule has 0 saturated carbocycles. The van der Waals surface area contributed by atoms with Crippen molar-refractivity contribution in [3.63, 3.8) is 0 Å². The molecule has 0 aliphatic rings. The van der Waals surface area contributed by atoms with Gasteiger partial charge in [-0.1, -0.05) is 6.92 Å². The molecular weight excluding hydrogens is 265 g/mol. The standard InChI is InChI=1S/C14H18FNO4/c1-3-8-16(9-14(18)19-2)13(17)10-20-12-6-4-11(15)5-7-12/h4-7H,3,8-10H2,1-2H3. The van der Waals surface area contributed by atoms with Gasteiger partial charge < -0.3 is 14.4 Å². The average molecular weight is 283 g/mol. The highest BCUT2D eigenvalue weighted by molar-refractivity contribution is 5.83. The number of methoxy groups -OCH3 is 1. The number of hydrogen-bond donors (Lipinski definition) is 0. The monoisotopic (exact) mass is 283 g/mol. The van der Waals surface area contributed by atoms with Crippen LogP contribution in [-0.2, 0) is 14.3 Å². The van der Waals surface area contributed by atoms with Gasteiger partial charge in [0.1, 0.15) is 18.1 Å². The number of amides is 1. The van der Waals surface area contributed by atoms with Crippen molar-refractivity contribution in [1.82, 2.24) is 4.90 Å². The molecule has 1 rings (SSSR count). The molecule has 20 heavy (non-hydrogen) atoms. The van der Waals surface area contributed by atoms with Crippen LogP contribution in [0, 0.1) is 5.82 Å². The molecule has 6 heteroatoms. The van der Waals surface area contributed by atoms with Crippen LogP contribution in [0.25, 0.3) is 0 Å². The van der Waals surface area contributed by atoms with Gasteiger partial charge in [0.2, 0.25) is 0 Å². The molecule has 110 valence electrons. The number of benzene rings is 1. The van der Waals surface area contributed by atoms with Crippen LogP contribution in [0.5, 0.6) is 5.75 Å². The zero-order valence-electron chi connectivity index (χ0n) is 11.6. The van der Waals surface area contributed by atoms with Crippen LogP contribution in [-0.4, -0.2) is 43.6 Å². The lowest BCUT2D eigenvalue weighted by Gasteiger charge is -2.20. The highest BCUT2D eigenvalue weighted by Gasteiger charge is 2.17. The van der Waals surface area contributed by atoms with Crippen LogP contribution < -0.4 is 4.74 Å². The summed E-state index contributed by atoms with van der Waals surface area (Å²) in [6.07, 6.45) is 0.722. The lowest BCUT2D eigenvalue weighted by Crippen LogP contribution is -2.39. The Balaban J connectivity index is 2.52. The summed E-state index contributed by atoms with van der Waals surface area (Å²) in [5.41, 5.74) is 0. The van der Waals surface area contributed by atoms with Crippen LogP contribution in [0.1, 0.15) is 13.3 Å². The Morgan fingerprint density at radius 2 is 1.90 bits per heavy atom. The Morgan fingerprint density at radius 1 is 1.25 bits per heavy atom. The molecule has 0 saturated heterocycles. The zero-order chi connectivity index (χ0) is 15.0. The van der Waals surface area contributed by atoms with Gasteiger partial charge in [-0.2, -0.15) is 0 Å². The molecule has 1 amide bonds. The van der Waals surface area contributed by atoms with Crippen LogP contribution in [0.2, 0.25) is 0 Å². The topological polar surface area (TPSA) is 55.8 Å². The van der Waals surface area contributed by atoms with Crippen molar-refractivity contribution in [2.75, 3.05) is 26.8 Å². The number of ether oxygens (including phenoxy) is 2. The average Bonchev–Trinajstić information content (AvgIpc) is 2.45. The molecule has 0 atom stereocenters. The molecule has 0 aliphatic heterocycles. The molecule has 0 radical (unpaired) electrons. The molecule has 0 bridgehead atoms. The minimum atomic E-state index is -0.478. The number of halogens is 1. The van der Waals surface area contributed by atoms with E-state index in [9.17, 15) is 14.0 Å². The van der Waals surface area contributed by atoms with Crippen molar-refractivity contribution in [3.05, 3.63) is 30.1 Å². The molecule has 5 nitrogen and oxygen atoms in total. The van der Waals surface area contributed by atoms with Crippen molar-refractivity contribution in [1.29, 1.82) is 0 Å². The first-order valence-electron chi connectivity index (χ1n) is 6.29. The summed E-state index contributed by atoms with van der Waals surface area (Å²) in [5.74, 6) is -0.772. The van der Waals surface area contributed by atoms with Crippen molar-refractivity contribution >= 4 is 11.9 Å². The van der Waals surface area contributed by atoms with Gasteiger partial charge in [0.05, 0.1) is 7.11 Å². The molecule has 0 aromatic heterocycles. The van der Waals surface area contributed by atoms with Gasteiger partial charge in [0.15, 0.2) is 6.61 Å². The van der Waals surface area contributed by atoms with Gasteiger partial charge in [-0.05, 0) is 30.7 Å². The van der Waals surface area contributed by atoms with Gasteiger partial charge in [0, 0.05) is 6.54 Å². The summed E-state index contributed by atoms with van der Waals surface area (Å²) in [6.45, 7) is 2.04.